The first kappa shape index (κ1) is 18.7. The van der Waals surface area contributed by atoms with Crippen LogP contribution in [0.3, 0.4) is 0 Å². The van der Waals surface area contributed by atoms with Gasteiger partial charge in [-0.1, -0.05) is 18.0 Å². The first-order valence-electron chi connectivity index (χ1n) is 7.40. The molecular weight excluding hydrogens is 356 g/mol. The van der Waals surface area contributed by atoms with Gasteiger partial charge in [-0.3, -0.25) is 9.59 Å². The summed E-state index contributed by atoms with van der Waals surface area (Å²) in [6, 6.07) is 4.12. The van der Waals surface area contributed by atoms with E-state index in [9.17, 15) is 18.0 Å². The van der Waals surface area contributed by atoms with Crippen LogP contribution in [-0.2, 0) is 24.3 Å². The fourth-order valence-corrected chi connectivity index (χ4v) is 3.46. The lowest BCUT2D eigenvalue weighted by molar-refractivity contribution is -0.154. The molecule has 1 aliphatic carbocycles. The number of amides is 1. The fraction of sp³-hybridized carbons (Fsp3) is 0.467. The van der Waals surface area contributed by atoms with Crippen molar-refractivity contribution in [2.24, 2.45) is 5.92 Å². The van der Waals surface area contributed by atoms with E-state index in [-0.39, 0.29) is 27.5 Å². The monoisotopic (exact) mass is 374 g/mol. The van der Waals surface area contributed by atoms with Crippen LogP contribution in [0, 0.1) is 5.92 Å². The summed E-state index contributed by atoms with van der Waals surface area (Å²) >= 11 is 5.93. The standard InChI is InChI=1S/C15H19ClN2O5S/c1-18(2)24(21,22)13-8-11(6-7-12(13)16)17-14(19)9-23-15(20)10-4-3-5-10/h6-8,10H,3-5,9H2,1-2H3,(H,17,19). The third-order valence-electron chi connectivity index (χ3n) is 3.76. The Hall–Kier alpha value is -1.64. The van der Waals surface area contributed by atoms with Crippen LogP contribution < -0.4 is 5.32 Å². The van der Waals surface area contributed by atoms with Crippen molar-refractivity contribution in [3.63, 3.8) is 0 Å². The summed E-state index contributed by atoms with van der Waals surface area (Å²) in [7, 11) is -0.962. The average Bonchev–Trinajstić information content (AvgIpc) is 2.45. The first-order chi connectivity index (χ1) is 11.2. The molecule has 1 aromatic rings. The topological polar surface area (TPSA) is 92.8 Å². The van der Waals surface area contributed by atoms with Crippen LogP contribution in [0.1, 0.15) is 19.3 Å². The molecule has 1 amide bonds. The third-order valence-corrected chi connectivity index (χ3v) is 6.05. The second kappa shape index (κ2) is 7.50. The van der Waals surface area contributed by atoms with Gasteiger partial charge in [-0.2, -0.15) is 0 Å². The van der Waals surface area contributed by atoms with E-state index < -0.39 is 22.5 Å². The number of esters is 1. The summed E-state index contributed by atoms with van der Waals surface area (Å²) < 4.78 is 30.3. The number of anilines is 1. The maximum Gasteiger partial charge on any atom is 0.309 e. The highest BCUT2D eigenvalue weighted by Gasteiger charge is 2.27. The molecule has 0 radical (unpaired) electrons. The van der Waals surface area contributed by atoms with Gasteiger partial charge in [0, 0.05) is 19.8 Å². The Bertz CT molecular complexity index is 744. The number of hydrogen-bond donors (Lipinski definition) is 1. The van der Waals surface area contributed by atoms with E-state index in [1.807, 2.05) is 0 Å². The molecule has 1 aromatic carbocycles. The second-order valence-corrected chi connectivity index (χ2v) is 8.24. The van der Waals surface area contributed by atoms with E-state index in [4.69, 9.17) is 16.3 Å². The lowest BCUT2D eigenvalue weighted by Gasteiger charge is -2.22. The minimum atomic E-state index is -3.73. The van der Waals surface area contributed by atoms with E-state index in [2.05, 4.69) is 5.32 Å². The third kappa shape index (κ3) is 4.25. The summed E-state index contributed by atoms with van der Waals surface area (Å²) in [6.45, 7) is -0.409. The molecule has 2 rings (SSSR count). The largest absolute Gasteiger partial charge is 0.455 e. The summed E-state index contributed by atoms with van der Waals surface area (Å²) in [6.07, 6.45) is 2.59. The molecule has 0 spiro atoms. The van der Waals surface area contributed by atoms with Gasteiger partial charge in [0.25, 0.3) is 5.91 Å². The van der Waals surface area contributed by atoms with E-state index in [1.165, 1.54) is 32.3 Å². The molecule has 0 aromatic heterocycles. The molecule has 0 heterocycles. The molecular formula is C15H19ClN2O5S. The highest BCUT2D eigenvalue weighted by Crippen LogP contribution is 2.28. The van der Waals surface area contributed by atoms with Gasteiger partial charge in [0.15, 0.2) is 6.61 Å². The highest BCUT2D eigenvalue weighted by molar-refractivity contribution is 7.89. The SMILES string of the molecule is CN(C)S(=O)(=O)c1cc(NC(=O)COC(=O)C2CCC2)ccc1Cl. The maximum absolute atomic E-state index is 12.2. The van der Waals surface area contributed by atoms with E-state index in [1.54, 1.807) is 0 Å². The Morgan fingerprint density at radius 2 is 2.00 bits per heavy atom. The Morgan fingerprint density at radius 1 is 1.33 bits per heavy atom. The van der Waals surface area contributed by atoms with E-state index in [0.29, 0.717) is 0 Å². The quantitative estimate of drug-likeness (QED) is 0.767. The van der Waals surface area contributed by atoms with Crippen LogP contribution in [0.15, 0.2) is 23.1 Å². The Morgan fingerprint density at radius 3 is 2.54 bits per heavy atom. The zero-order chi connectivity index (χ0) is 17.9. The van der Waals surface area contributed by atoms with E-state index >= 15 is 0 Å². The van der Waals surface area contributed by atoms with Gasteiger partial charge in [-0.15, -0.1) is 0 Å². The molecule has 0 bridgehead atoms. The van der Waals surface area contributed by atoms with Crippen LogP contribution in [0.25, 0.3) is 0 Å². The van der Waals surface area contributed by atoms with Gasteiger partial charge in [0.1, 0.15) is 4.90 Å². The zero-order valence-electron chi connectivity index (χ0n) is 13.4. The van der Waals surface area contributed by atoms with Crippen molar-refractivity contribution in [1.29, 1.82) is 0 Å². The first-order valence-corrected chi connectivity index (χ1v) is 9.22. The number of carbonyl (C=O) groups excluding carboxylic acids is 2. The van der Waals surface area contributed by atoms with Crippen molar-refractivity contribution in [2.75, 3.05) is 26.0 Å². The van der Waals surface area contributed by atoms with Crippen LogP contribution >= 0.6 is 11.6 Å². The minimum absolute atomic E-state index is 0.0538. The minimum Gasteiger partial charge on any atom is -0.455 e. The van der Waals surface area contributed by atoms with Crippen LogP contribution in [0.2, 0.25) is 5.02 Å². The molecule has 0 atom stereocenters. The Labute approximate surface area is 146 Å². The normalized spacial score (nSPS) is 15.0. The van der Waals surface area contributed by atoms with Crippen molar-refractivity contribution >= 4 is 39.2 Å². The number of hydrogen-bond acceptors (Lipinski definition) is 5. The summed E-state index contributed by atoms with van der Waals surface area (Å²) in [4.78, 5) is 23.3. The number of ether oxygens (including phenoxy) is 1. The molecule has 1 aliphatic rings. The van der Waals surface area contributed by atoms with Gasteiger partial charge in [0.2, 0.25) is 10.0 Å². The fourth-order valence-electron chi connectivity index (χ4n) is 2.07. The molecule has 0 unspecified atom stereocenters. The van der Waals surface area contributed by atoms with Crippen LogP contribution in [0.5, 0.6) is 0 Å². The molecule has 7 nitrogen and oxygen atoms in total. The number of nitrogens with one attached hydrogen (secondary N) is 1. The highest BCUT2D eigenvalue weighted by atomic mass is 35.5. The number of benzene rings is 1. The number of carbonyl (C=O) groups is 2. The molecule has 1 N–H and O–H groups in total. The second-order valence-electron chi connectivity index (χ2n) is 5.72. The van der Waals surface area contributed by atoms with Gasteiger partial charge in [0.05, 0.1) is 10.9 Å². The number of halogens is 1. The van der Waals surface area contributed by atoms with Crippen molar-refractivity contribution in [2.45, 2.75) is 24.2 Å². The smallest absolute Gasteiger partial charge is 0.309 e. The van der Waals surface area contributed by atoms with Crippen molar-refractivity contribution in [1.82, 2.24) is 4.31 Å². The van der Waals surface area contributed by atoms with Gasteiger partial charge in [-0.05, 0) is 31.0 Å². The maximum atomic E-state index is 12.2. The van der Waals surface area contributed by atoms with Crippen molar-refractivity contribution < 1.29 is 22.7 Å². The summed E-state index contributed by atoms with van der Waals surface area (Å²) in [5.41, 5.74) is 0.254. The lowest BCUT2D eigenvalue weighted by atomic mass is 9.86. The van der Waals surface area contributed by atoms with Crippen LogP contribution in [0.4, 0.5) is 5.69 Å². The number of sulfonamides is 1. The lowest BCUT2D eigenvalue weighted by Crippen LogP contribution is -2.28. The molecule has 1 saturated carbocycles. The zero-order valence-corrected chi connectivity index (χ0v) is 15.0. The Balaban J connectivity index is 2.02. The molecule has 0 aliphatic heterocycles. The predicted octanol–water partition coefficient (Wildman–Crippen LogP) is 1.87. The Kier molecular flexibility index (Phi) is 5.84. The van der Waals surface area contributed by atoms with Gasteiger partial charge < -0.3 is 10.1 Å². The predicted molar refractivity (Wildman–Crippen MR) is 89.3 cm³/mol. The van der Waals surface area contributed by atoms with Crippen molar-refractivity contribution in [3.05, 3.63) is 23.2 Å². The molecule has 24 heavy (non-hydrogen) atoms. The van der Waals surface area contributed by atoms with Crippen LogP contribution in [-0.4, -0.2) is 45.3 Å². The summed E-state index contributed by atoms with van der Waals surface area (Å²) in [5.74, 6) is -1.02. The molecule has 0 saturated heterocycles. The summed E-state index contributed by atoms with van der Waals surface area (Å²) in [5, 5.41) is 2.55. The number of rotatable bonds is 6. The number of nitrogens with zero attached hydrogens (tertiary/aromatic N) is 1. The van der Waals surface area contributed by atoms with Gasteiger partial charge >= 0.3 is 5.97 Å². The molecule has 9 heteroatoms. The van der Waals surface area contributed by atoms with E-state index in [0.717, 1.165) is 23.6 Å². The van der Waals surface area contributed by atoms with Gasteiger partial charge in [-0.25, -0.2) is 12.7 Å². The van der Waals surface area contributed by atoms with Crippen molar-refractivity contribution in [3.8, 4) is 0 Å². The molecule has 132 valence electrons. The average molecular weight is 375 g/mol. The molecule has 1 fully saturated rings.